The lowest BCUT2D eigenvalue weighted by molar-refractivity contribution is -0.265. The van der Waals surface area contributed by atoms with Gasteiger partial charge in [0, 0.05) is 23.9 Å². The number of hydrogen-bond donors (Lipinski definition) is 6. The first-order valence-electron chi connectivity index (χ1n) is 15.3. The number of nitrogens with two attached hydrogens (primary N) is 1. The third kappa shape index (κ3) is 4.80. The molecule has 0 aliphatic heterocycles. The Morgan fingerprint density at radius 1 is 1.09 bits per heavy atom. The Balaban J connectivity index is 1.89. The Morgan fingerprint density at radius 2 is 1.70 bits per heavy atom. The molecule has 0 saturated heterocycles. The zero-order chi connectivity index (χ0) is 32.6. The normalized spacial score (nSPS) is 35.5. The Bertz CT molecular complexity index is 1350. The van der Waals surface area contributed by atoms with Crippen LogP contribution in [0.4, 0.5) is 0 Å². The van der Waals surface area contributed by atoms with Crippen LogP contribution >= 0.6 is 0 Å². The Kier molecular flexibility index (Phi) is 8.43. The second kappa shape index (κ2) is 11.0. The van der Waals surface area contributed by atoms with Crippen LogP contribution in [0.5, 0.6) is 5.75 Å². The van der Waals surface area contributed by atoms with E-state index in [4.69, 9.17) is 5.73 Å². The number of phenolic OH excluding ortho intramolecular Hbond substituents is 1. The highest BCUT2D eigenvalue weighted by Gasteiger charge is 2.76. The van der Waals surface area contributed by atoms with Crippen molar-refractivity contribution in [2.75, 3.05) is 0 Å². The SMILES string of the molecule is CC(C)CC(=O)NCc1cc(C(C)C)c2c(c1O)C(=O)[C@@H]1C(O)[C@@]3(O)C(=O)[C@H](C(N)=O)C(O)[C@H](C(C)C)[C@@]3(C)C[C@@]1(C)C2. The third-order valence-electron chi connectivity index (χ3n) is 10.6. The van der Waals surface area contributed by atoms with Gasteiger partial charge in [-0.3, -0.25) is 19.2 Å². The Hall–Kier alpha value is -2.82. The van der Waals surface area contributed by atoms with Crippen molar-refractivity contribution in [3.05, 3.63) is 28.3 Å². The summed E-state index contributed by atoms with van der Waals surface area (Å²) in [5.41, 5.74) is 2.43. The number of carbonyl (C=O) groups is 4. The average molecular weight is 601 g/mol. The van der Waals surface area contributed by atoms with Crippen molar-refractivity contribution in [1.29, 1.82) is 0 Å². The number of Topliss-reactive ketones (excluding diaryl/α,β-unsaturated/α-hetero) is 2. The number of aromatic hydroxyl groups is 1. The second-order valence-electron chi connectivity index (χ2n) is 14.8. The van der Waals surface area contributed by atoms with E-state index in [1.807, 2.05) is 54.5 Å². The molecule has 8 atom stereocenters. The Labute approximate surface area is 253 Å². The number of benzene rings is 1. The fourth-order valence-corrected chi connectivity index (χ4v) is 8.97. The quantitative estimate of drug-likeness (QED) is 0.257. The van der Waals surface area contributed by atoms with E-state index in [9.17, 15) is 39.6 Å². The molecule has 0 spiro atoms. The second-order valence-corrected chi connectivity index (χ2v) is 14.8. The van der Waals surface area contributed by atoms with Gasteiger partial charge in [0.25, 0.3) is 0 Å². The number of nitrogens with one attached hydrogen (secondary N) is 1. The van der Waals surface area contributed by atoms with Gasteiger partial charge in [0.1, 0.15) is 17.8 Å². The molecule has 3 aliphatic carbocycles. The van der Waals surface area contributed by atoms with Crippen LogP contribution in [0.1, 0.15) is 101 Å². The summed E-state index contributed by atoms with van der Waals surface area (Å²) >= 11 is 0. The average Bonchev–Trinajstić information content (AvgIpc) is 2.84. The molecule has 0 radical (unpaired) electrons. The summed E-state index contributed by atoms with van der Waals surface area (Å²) in [5.74, 6) is -7.38. The van der Waals surface area contributed by atoms with E-state index >= 15 is 0 Å². The molecule has 10 heteroatoms. The standard InChI is InChI=1S/C33H48N2O8/c1-14(2)9-20(36)35-12-17-10-18(15(3)4)19-11-31(7)13-32(8)23(16(5)6)27(39)22(30(34)42)28(40)33(32,43)29(41)24(31)26(38)21(19)25(17)37/h10,14-16,22-24,27,29,37,39,41,43H,9,11-13H2,1-8H3,(H2,34,42)(H,35,36)/t22-,23+,24-,27?,29?,31-,32-,33+/m1/s1. The lowest BCUT2D eigenvalue weighted by Crippen LogP contribution is -2.79. The van der Waals surface area contributed by atoms with Crippen LogP contribution in [-0.2, 0) is 27.3 Å². The van der Waals surface area contributed by atoms with E-state index in [2.05, 4.69) is 5.32 Å². The first-order chi connectivity index (χ1) is 19.7. The zero-order valence-corrected chi connectivity index (χ0v) is 26.5. The smallest absolute Gasteiger partial charge is 0.230 e. The molecule has 2 saturated carbocycles. The first-order valence-corrected chi connectivity index (χ1v) is 15.3. The number of hydrogen-bond acceptors (Lipinski definition) is 8. The van der Waals surface area contributed by atoms with Crippen molar-refractivity contribution >= 4 is 23.4 Å². The van der Waals surface area contributed by atoms with Gasteiger partial charge in [-0.2, -0.15) is 0 Å². The number of phenols is 1. The van der Waals surface area contributed by atoms with Crippen LogP contribution in [0.25, 0.3) is 0 Å². The van der Waals surface area contributed by atoms with Gasteiger partial charge in [0.2, 0.25) is 11.8 Å². The van der Waals surface area contributed by atoms with Crippen molar-refractivity contribution in [2.24, 2.45) is 46.2 Å². The highest BCUT2D eigenvalue weighted by molar-refractivity contribution is 6.09. The fraction of sp³-hybridized carbons (Fsp3) is 0.697. The monoisotopic (exact) mass is 600 g/mol. The summed E-state index contributed by atoms with van der Waals surface area (Å²) in [6.07, 6.45) is -2.75. The molecule has 4 rings (SSSR count). The molecule has 0 heterocycles. The fourth-order valence-electron chi connectivity index (χ4n) is 8.97. The van der Waals surface area contributed by atoms with E-state index in [-0.39, 0.29) is 54.4 Å². The summed E-state index contributed by atoms with van der Waals surface area (Å²) in [6.45, 7) is 14.9. The van der Waals surface area contributed by atoms with E-state index < -0.39 is 63.9 Å². The van der Waals surface area contributed by atoms with Crippen LogP contribution in [-0.4, -0.2) is 61.6 Å². The number of carbonyl (C=O) groups excluding carboxylic acids is 4. The predicted molar refractivity (Wildman–Crippen MR) is 159 cm³/mol. The van der Waals surface area contributed by atoms with Crippen molar-refractivity contribution in [3.63, 3.8) is 0 Å². The van der Waals surface area contributed by atoms with Crippen molar-refractivity contribution in [1.82, 2.24) is 5.32 Å². The molecule has 2 amide bonds. The first kappa shape index (κ1) is 33.1. The highest BCUT2D eigenvalue weighted by atomic mass is 16.4. The summed E-state index contributed by atoms with van der Waals surface area (Å²) in [5, 5.41) is 49.8. The number of amides is 2. The van der Waals surface area contributed by atoms with E-state index in [0.717, 1.165) is 5.56 Å². The van der Waals surface area contributed by atoms with Gasteiger partial charge < -0.3 is 31.5 Å². The van der Waals surface area contributed by atoms with Crippen LogP contribution in [0.3, 0.4) is 0 Å². The minimum atomic E-state index is -2.56. The number of fused-ring (bicyclic) bond motifs is 3. The molecule has 2 fully saturated rings. The Morgan fingerprint density at radius 3 is 2.21 bits per heavy atom. The molecule has 3 aliphatic rings. The van der Waals surface area contributed by atoms with Gasteiger partial charge in [-0.15, -0.1) is 0 Å². The summed E-state index contributed by atoms with van der Waals surface area (Å²) < 4.78 is 0. The van der Waals surface area contributed by atoms with Gasteiger partial charge in [-0.05, 0) is 59.1 Å². The highest BCUT2D eigenvalue weighted by Crippen LogP contribution is 2.66. The summed E-state index contributed by atoms with van der Waals surface area (Å²) in [4.78, 5) is 53.1. The number of ketones is 2. The lowest BCUT2D eigenvalue weighted by atomic mass is 9.39. The summed E-state index contributed by atoms with van der Waals surface area (Å²) in [7, 11) is 0. The minimum absolute atomic E-state index is 0.00308. The number of aliphatic hydroxyl groups excluding tert-OH is 2. The largest absolute Gasteiger partial charge is 0.507 e. The molecular formula is C33H48N2O8. The number of primary amides is 1. The molecule has 238 valence electrons. The van der Waals surface area contributed by atoms with Crippen LogP contribution in [0, 0.1) is 40.4 Å². The van der Waals surface area contributed by atoms with Gasteiger partial charge in [-0.1, -0.05) is 55.4 Å². The van der Waals surface area contributed by atoms with Gasteiger partial charge in [0.15, 0.2) is 17.2 Å². The number of rotatable bonds is 7. The van der Waals surface area contributed by atoms with Crippen molar-refractivity contribution < 1.29 is 39.6 Å². The predicted octanol–water partition coefficient (Wildman–Crippen LogP) is 2.36. The maximum Gasteiger partial charge on any atom is 0.230 e. The van der Waals surface area contributed by atoms with Crippen LogP contribution < -0.4 is 11.1 Å². The molecule has 43 heavy (non-hydrogen) atoms. The molecule has 1 aromatic carbocycles. The maximum atomic E-state index is 14.5. The molecule has 1 aromatic rings. The van der Waals surface area contributed by atoms with Crippen LogP contribution in [0.2, 0.25) is 0 Å². The third-order valence-corrected chi connectivity index (χ3v) is 10.6. The minimum Gasteiger partial charge on any atom is -0.507 e. The van der Waals surface area contributed by atoms with Crippen LogP contribution in [0.15, 0.2) is 6.07 Å². The van der Waals surface area contributed by atoms with Gasteiger partial charge in [0.05, 0.1) is 17.6 Å². The molecular weight excluding hydrogens is 552 g/mol. The van der Waals surface area contributed by atoms with E-state index in [1.54, 1.807) is 6.92 Å². The zero-order valence-electron chi connectivity index (χ0n) is 26.5. The van der Waals surface area contributed by atoms with E-state index in [1.165, 1.54) is 0 Å². The topological polar surface area (TPSA) is 187 Å². The maximum absolute atomic E-state index is 14.5. The molecule has 0 bridgehead atoms. The molecule has 0 aromatic heterocycles. The number of aliphatic hydroxyl groups is 3. The van der Waals surface area contributed by atoms with Crippen molar-refractivity contribution in [3.8, 4) is 5.75 Å². The van der Waals surface area contributed by atoms with Gasteiger partial charge in [-0.25, -0.2) is 0 Å². The summed E-state index contributed by atoms with van der Waals surface area (Å²) in [6, 6.07) is 1.81. The van der Waals surface area contributed by atoms with E-state index in [0.29, 0.717) is 17.5 Å². The molecule has 10 nitrogen and oxygen atoms in total. The molecule has 2 unspecified atom stereocenters. The van der Waals surface area contributed by atoms with Gasteiger partial charge >= 0.3 is 0 Å². The molecule has 7 N–H and O–H groups in total. The lowest BCUT2D eigenvalue weighted by Gasteiger charge is -2.66. The van der Waals surface area contributed by atoms with Crippen molar-refractivity contribution in [2.45, 2.75) is 105 Å².